The highest BCUT2D eigenvalue weighted by atomic mass is 35.5. The molecule has 0 aliphatic carbocycles. The molecular formula is C23H17ClN2O3. The number of amides is 1. The Kier molecular flexibility index (Phi) is 5.37. The normalized spacial score (nSPS) is 12.1. The molecule has 0 bridgehead atoms. The van der Waals surface area contributed by atoms with Crippen LogP contribution in [0.4, 0.5) is 0 Å². The number of benzene rings is 3. The summed E-state index contributed by atoms with van der Waals surface area (Å²) in [7, 11) is 0. The second-order valence-electron chi connectivity index (χ2n) is 6.49. The van der Waals surface area contributed by atoms with Crippen LogP contribution >= 0.6 is 11.6 Å². The molecule has 3 aromatic rings. The van der Waals surface area contributed by atoms with Gasteiger partial charge in [0.05, 0.1) is 16.7 Å². The number of hydrogen-bond donors (Lipinski definition) is 1. The highest BCUT2D eigenvalue weighted by Gasteiger charge is 2.18. The van der Waals surface area contributed by atoms with Gasteiger partial charge in [0.15, 0.2) is 11.5 Å². The molecule has 0 spiro atoms. The number of nitriles is 1. The van der Waals surface area contributed by atoms with Crippen LogP contribution in [-0.2, 0) is 6.54 Å². The molecule has 1 aliphatic heterocycles. The SMILES string of the molecule is N#Cc1ccccc1-c1ccccc1C(=O)NCc1cc(Cl)c2c(c1)OCCO2. The van der Waals surface area contributed by atoms with Crippen LogP contribution in [-0.4, -0.2) is 19.1 Å². The number of hydrogen-bond acceptors (Lipinski definition) is 4. The first-order valence-electron chi connectivity index (χ1n) is 9.12. The van der Waals surface area contributed by atoms with Crippen molar-refractivity contribution in [3.05, 3.63) is 82.4 Å². The summed E-state index contributed by atoms with van der Waals surface area (Å²) >= 11 is 6.27. The molecule has 0 aromatic heterocycles. The quantitative estimate of drug-likeness (QED) is 0.690. The van der Waals surface area contributed by atoms with Crippen LogP contribution < -0.4 is 14.8 Å². The van der Waals surface area contributed by atoms with E-state index < -0.39 is 0 Å². The average Bonchev–Trinajstić information content (AvgIpc) is 2.77. The van der Waals surface area contributed by atoms with Gasteiger partial charge >= 0.3 is 0 Å². The third kappa shape index (κ3) is 3.89. The molecule has 0 radical (unpaired) electrons. The van der Waals surface area contributed by atoms with Crippen molar-refractivity contribution in [2.75, 3.05) is 13.2 Å². The van der Waals surface area contributed by atoms with Gasteiger partial charge in [-0.15, -0.1) is 0 Å². The van der Waals surface area contributed by atoms with Crippen LogP contribution in [0.1, 0.15) is 21.5 Å². The predicted molar refractivity (Wildman–Crippen MR) is 110 cm³/mol. The Morgan fingerprint density at radius 1 is 1.03 bits per heavy atom. The Morgan fingerprint density at radius 3 is 2.59 bits per heavy atom. The fourth-order valence-electron chi connectivity index (χ4n) is 3.28. The van der Waals surface area contributed by atoms with Gasteiger partial charge in [0, 0.05) is 17.7 Å². The molecule has 1 heterocycles. The number of ether oxygens (including phenoxy) is 2. The van der Waals surface area contributed by atoms with Crippen molar-refractivity contribution < 1.29 is 14.3 Å². The zero-order valence-corrected chi connectivity index (χ0v) is 16.2. The third-order valence-corrected chi connectivity index (χ3v) is 4.90. The van der Waals surface area contributed by atoms with Crippen LogP contribution in [0, 0.1) is 11.3 Å². The van der Waals surface area contributed by atoms with Crippen LogP contribution in [0.15, 0.2) is 60.7 Å². The molecule has 6 heteroatoms. The predicted octanol–water partition coefficient (Wildman–Crippen LogP) is 4.58. The van der Waals surface area contributed by atoms with Gasteiger partial charge in [-0.2, -0.15) is 5.26 Å². The fraction of sp³-hybridized carbons (Fsp3) is 0.130. The molecule has 0 saturated heterocycles. The molecule has 1 N–H and O–H groups in total. The lowest BCUT2D eigenvalue weighted by Crippen LogP contribution is -2.24. The highest BCUT2D eigenvalue weighted by Crippen LogP contribution is 2.38. The highest BCUT2D eigenvalue weighted by molar-refractivity contribution is 6.32. The Balaban J connectivity index is 1.58. The van der Waals surface area contributed by atoms with E-state index in [0.29, 0.717) is 46.4 Å². The van der Waals surface area contributed by atoms with E-state index in [2.05, 4.69) is 11.4 Å². The molecule has 29 heavy (non-hydrogen) atoms. The lowest BCUT2D eigenvalue weighted by Gasteiger charge is -2.20. The van der Waals surface area contributed by atoms with Gasteiger partial charge in [0.2, 0.25) is 0 Å². The average molecular weight is 405 g/mol. The molecule has 3 aromatic carbocycles. The summed E-state index contributed by atoms with van der Waals surface area (Å²) in [5.74, 6) is 0.877. The summed E-state index contributed by atoms with van der Waals surface area (Å²) in [6.45, 7) is 1.21. The molecule has 1 amide bonds. The largest absolute Gasteiger partial charge is 0.486 e. The van der Waals surface area contributed by atoms with Gasteiger partial charge in [0.1, 0.15) is 13.2 Å². The lowest BCUT2D eigenvalue weighted by atomic mass is 9.95. The van der Waals surface area contributed by atoms with Crippen molar-refractivity contribution in [1.82, 2.24) is 5.32 Å². The van der Waals surface area contributed by atoms with Crippen molar-refractivity contribution in [3.8, 4) is 28.7 Å². The maximum absolute atomic E-state index is 12.9. The van der Waals surface area contributed by atoms with Crippen LogP contribution in [0.5, 0.6) is 11.5 Å². The Bertz CT molecular complexity index is 1120. The van der Waals surface area contributed by atoms with Crippen molar-refractivity contribution in [2.45, 2.75) is 6.54 Å². The summed E-state index contributed by atoms with van der Waals surface area (Å²) in [5.41, 5.74) is 3.26. The van der Waals surface area contributed by atoms with Crippen LogP contribution in [0.2, 0.25) is 5.02 Å². The molecule has 0 saturated carbocycles. The number of carbonyl (C=O) groups is 1. The van der Waals surface area contributed by atoms with Crippen molar-refractivity contribution in [2.24, 2.45) is 0 Å². The summed E-state index contributed by atoms with van der Waals surface area (Å²) in [4.78, 5) is 12.9. The smallest absolute Gasteiger partial charge is 0.252 e. The van der Waals surface area contributed by atoms with Gasteiger partial charge in [-0.1, -0.05) is 48.0 Å². The zero-order valence-electron chi connectivity index (χ0n) is 15.4. The first-order valence-corrected chi connectivity index (χ1v) is 9.50. The summed E-state index contributed by atoms with van der Waals surface area (Å²) < 4.78 is 11.1. The van der Waals surface area contributed by atoms with E-state index in [1.54, 1.807) is 30.3 Å². The minimum absolute atomic E-state index is 0.237. The fourth-order valence-corrected chi connectivity index (χ4v) is 3.56. The van der Waals surface area contributed by atoms with E-state index in [-0.39, 0.29) is 12.5 Å². The molecule has 144 valence electrons. The number of nitrogens with one attached hydrogen (secondary N) is 1. The van der Waals surface area contributed by atoms with E-state index >= 15 is 0 Å². The van der Waals surface area contributed by atoms with Gasteiger partial charge in [-0.25, -0.2) is 0 Å². The molecular weight excluding hydrogens is 388 g/mol. The molecule has 0 fully saturated rings. The van der Waals surface area contributed by atoms with E-state index in [4.69, 9.17) is 21.1 Å². The number of fused-ring (bicyclic) bond motifs is 1. The number of nitrogens with zero attached hydrogens (tertiary/aromatic N) is 1. The Labute approximate surface area is 173 Å². The Hall–Kier alpha value is -3.49. The second kappa shape index (κ2) is 8.26. The van der Waals surface area contributed by atoms with Crippen LogP contribution in [0.25, 0.3) is 11.1 Å². The van der Waals surface area contributed by atoms with Crippen molar-refractivity contribution >= 4 is 17.5 Å². The molecule has 0 atom stereocenters. The first-order chi connectivity index (χ1) is 14.2. The topological polar surface area (TPSA) is 71.4 Å². The summed E-state index contributed by atoms with van der Waals surface area (Å²) in [5, 5.41) is 12.8. The number of carbonyl (C=O) groups excluding carboxylic acids is 1. The molecule has 5 nitrogen and oxygen atoms in total. The Morgan fingerprint density at radius 2 is 1.76 bits per heavy atom. The van der Waals surface area contributed by atoms with E-state index in [1.807, 2.05) is 30.3 Å². The zero-order chi connectivity index (χ0) is 20.2. The van der Waals surface area contributed by atoms with E-state index in [1.165, 1.54) is 0 Å². The first kappa shape index (κ1) is 18.9. The van der Waals surface area contributed by atoms with Crippen LogP contribution in [0.3, 0.4) is 0 Å². The number of rotatable bonds is 4. The standard InChI is InChI=1S/C23H17ClN2O3/c24-20-11-15(12-21-22(20)29-10-9-28-21)14-26-23(27)19-8-4-3-7-18(19)17-6-2-1-5-16(17)13-25/h1-8,11-12H,9-10,14H2,(H,26,27). The van der Waals surface area contributed by atoms with Gasteiger partial charge in [-0.05, 0) is 35.4 Å². The summed E-state index contributed by atoms with van der Waals surface area (Å²) in [6.07, 6.45) is 0. The van der Waals surface area contributed by atoms with Gasteiger partial charge in [-0.3, -0.25) is 4.79 Å². The van der Waals surface area contributed by atoms with Gasteiger partial charge in [0.25, 0.3) is 5.91 Å². The van der Waals surface area contributed by atoms with Gasteiger partial charge < -0.3 is 14.8 Å². The maximum atomic E-state index is 12.9. The van der Waals surface area contributed by atoms with E-state index in [0.717, 1.165) is 11.1 Å². The summed E-state index contributed by atoms with van der Waals surface area (Å²) in [6, 6.07) is 20.2. The molecule has 1 aliphatic rings. The lowest BCUT2D eigenvalue weighted by molar-refractivity contribution is 0.0951. The second-order valence-corrected chi connectivity index (χ2v) is 6.89. The monoisotopic (exact) mass is 404 g/mol. The van der Waals surface area contributed by atoms with Crippen molar-refractivity contribution in [1.29, 1.82) is 5.26 Å². The maximum Gasteiger partial charge on any atom is 0.252 e. The minimum atomic E-state index is -0.237. The third-order valence-electron chi connectivity index (χ3n) is 4.62. The van der Waals surface area contributed by atoms with E-state index in [9.17, 15) is 10.1 Å². The number of halogens is 1. The molecule has 4 rings (SSSR count). The van der Waals surface area contributed by atoms with Crippen molar-refractivity contribution in [3.63, 3.8) is 0 Å². The minimum Gasteiger partial charge on any atom is -0.486 e. The molecule has 0 unspecified atom stereocenters.